The number of hydrogen-bond acceptors (Lipinski definition) is 5. The second kappa shape index (κ2) is 6.67. The van der Waals surface area contributed by atoms with Crippen molar-refractivity contribution in [3.8, 4) is 11.5 Å². The first-order valence-corrected chi connectivity index (χ1v) is 9.73. The smallest absolute Gasteiger partial charge is 0.276 e. The summed E-state index contributed by atoms with van der Waals surface area (Å²) in [6.45, 7) is 2.29. The van der Waals surface area contributed by atoms with Gasteiger partial charge < -0.3 is 9.47 Å². The molecular weight excluding hydrogens is 356 g/mol. The third kappa shape index (κ3) is 2.96. The molecule has 1 fully saturated rings. The first kappa shape index (κ1) is 17.3. The highest BCUT2D eigenvalue weighted by Gasteiger charge is 2.27. The summed E-state index contributed by atoms with van der Waals surface area (Å²) in [6.07, 6.45) is 3.11. The van der Waals surface area contributed by atoms with E-state index >= 15 is 0 Å². The zero-order valence-electron chi connectivity index (χ0n) is 16.2. The normalized spacial score (nSPS) is 16.9. The van der Waals surface area contributed by atoms with Crippen LogP contribution in [0.4, 0.5) is 0 Å². The van der Waals surface area contributed by atoms with E-state index in [1.165, 1.54) is 12.8 Å². The molecule has 3 aromatic rings. The minimum absolute atomic E-state index is 0.0534. The van der Waals surface area contributed by atoms with Crippen LogP contribution in [0.3, 0.4) is 0 Å². The number of fused-ring (bicyclic) bond motifs is 2. The number of hydrogen-bond donors (Lipinski definition) is 1. The van der Waals surface area contributed by atoms with Crippen LogP contribution in [0.15, 0.2) is 29.1 Å². The summed E-state index contributed by atoms with van der Waals surface area (Å²) < 4.78 is 12.3. The van der Waals surface area contributed by atoms with Crippen LogP contribution < -0.4 is 15.0 Å². The summed E-state index contributed by atoms with van der Waals surface area (Å²) in [5.41, 5.74) is 4.81. The molecule has 1 N–H and O–H groups in total. The first-order valence-electron chi connectivity index (χ1n) is 9.73. The van der Waals surface area contributed by atoms with Gasteiger partial charge in [-0.3, -0.25) is 14.8 Å². The molecule has 0 atom stereocenters. The van der Waals surface area contributed by atoms with Gasteiger partial charge in [0, 0.05) is 42.9 Å². The van der Waals surface area contributed by atoms with Crippen molar-refractivity contribution in [3.05, 3.63) is 57.1 Å². The maximum absolute atomic E-state index is 12.9. The molecule has 5 rings (SSSR count). The largest absolute Gasteiger partial charge is 0.493 e. The molecule has 28 heavy (non-hydrogen) atoms. The van der Waals surface area contributed by atoms with Crippen molar-refractivity contribution in [2.75, 3.05) is 20.8 Å². The van der Waals surface area contributed by atoms with Gasteiger partial charge in [0.05, 0.1) is 19.9 Å². The van der Waals surface area contributed by atoms with Crippen molar-refractivity contribution in [3.63, 3.8) is 0 Å². The summed E-state index contributed by atoms with van der Waals surface area (Å²) in [6, 6.07) is 8.02. The predicted molar refractivity (Wildman–Crippen MR) is 105 cm³/mol. The van der Waals surface area contributed by atoms with Crippen LogP contribution in [0, 0.1) is 0 Å². The third-order valence-electron chi connectivity index (χ3n) is 5.74. The van der Waals surface area contributed by atoms with Gasteiger partial charge >= 0.3 is 0 Å². The predicted octanol–water partition coefficient (Wildman–Crippen LogP) is 2.48. The molecule has 7 nitrogen and oxygen atoms in total. The molecule has 1 saturated carbocycles. The molecule has 0 amide bonds. The SMILES string of the molecule is COc1ccc(CN2CCc3c(nc4cc(C5CC5)[nH]n4c3=O)C2)cc1OC. The van der Waals surface area contributed by atoms with Crippen LogP contribution in [0.1, 0.15) is 41.3 Å². The van der Waals surface area contributed by atoms with Crippen molar-refractivity contribution >= 4 is 5.65 Å². The van der Waals surface area contributed by atoms with Gasteiger partial charge in [0.15, 0.2) is 17.1 Å². The molecule has 1 aliphatic carbocycles. The van der Waals surface area contributed by atoms with Crippen molar-refractivity contribution in [1.82, 2.24) is 19.5 Å². The second-order valence-electron chi connectivity index (χ2n) is 7.67. The lowest BCUT2D eigenvalue weighted by Crippen LogP contribution is -2.36. The summed E-state index contributed by atoms with van der Waals surface area (Å²) in [4.78, 5) is 20.0. The van der Waals surface area contributed by atoms with Gasteiger partial charge in [0.25, 0.3) is 5.56 Å². The molecule has 2 aromatic heterocycles. The Hall–Kier alpha value is -2.80. The van der Waals surface area contributed by atoms with Crippen molar-refractivity contribution < 1.29 is 9.47 Å². The van der Waals surface area contributed by atoms with E-state index in [0.29, 0.717) is 12.5 Å². The average Bonchev–Trinajstić information content (AvgIpc) is 3.47. The average molecular weight is 380 g/mol. The van der Waals surface area contributed by atoms with E-state index in [0.717, 1.165) is 59.2 Å². The van der Waals surface area contributed by atoms with Crippen LogP contribution in [0.5, 0.6) is 11.5 Å². The number of ether oxygens (including phenoxy) is 2. The Morgan fingerprint density at radius 2 is 2.00 bits per heavy atom. The van der Waals surface area contributed by atoms with Gasteiger partial charge in [0.2, 0.25) is 0 Å². The molecule has 0 unspecified atom stereocenters. The number of nitrogens with one attached hydrogen (secondary N) is 1. The number of rotatable bonds is 5. The van der Waals surface area contributed by atoms with Crippen molar-refractivity contribution in [2.24, 2.45) is 0 Å². The van der Waals surface area contributed by atoms with E-state index in [9.17, 15) is 4.79 Å². The van der Waals surface area contributed by atoms with Crippen LogP contribution in [-0.4, -0.2) is 40.3 Å². The summed E-state index contributed by atoms with van der Waals surface area (Å²) in [5.74, 6) is 2.03. The minimum Gasteiger partial charge on any atom is -0.493 e. The van der Waals surface area contributed by atoms with Crippen LogP contribution >= 0.6 is 0 Å². The molecule has 1 aromatic carbocycles. The second-order valence-corrected chi connectivity index (χ2v) is 7.67. The maximum Gasteiger partial charge on any atom is 0.276 e. The lowest BCUT2D eigenvalue weighted by atomic mass is 10.1. The van der Waals surface area contributed by atoms with E-state index in [-0.39, 0.29) is 5.56 Å². The molecule has 3 heterocycles. The molecule has 7 heteroatoms. The van der Waals surface area contributed by atoms with Gasteiger partial charge in [-0.25, -0.2) is 9.50 Å². The number of nitrogens with zero attached hydrogens (tertiary/aromatic N) is 3. The molecule has 0 bridgehead atoms. The van der Waals surface area contributed by atoms with E-state index in [1.54, 1.807) is 18.7 Å². The van der Waals surface area contributed by atoms with Crippen molar-refractivity contribution in [2.45, 2.75) is 38.3 Å². The Bertz CT molecular complexity index is 1100. The Morgan fingerprint density at radius 3 is 2.75 bits per heavy atom. The minimum atomic E-state index is 0.0534. The lowest BCUT2D eigenvalue weighted by molar-refractivity contribution is 0.240. The Labute approximate surface area is 162 Å². The highest BCUT2D eigenvalue weighted by Crippen LogP contribution is 2.39. The Balaban J connectivity index is 1.41. The molecule has 0 spiro atoms. The van der Waals surface area contributed by atoms with Crippen LogP contribution in [0.25, 0.3) is 5.65 Å². The number of H-pyrrole nitrogens is 1. The fourth-order valence-electron chi connectivity index (χ4n) is 4.04. The number of aromatic amines is 1. The first-order chi connectivity index (χ1) is 13.7. The lowest BCUT2D eigenvalue weighted by Gasteiger charge is -2.27. The zero-order chi connectivity index (χ0) is 19.3. The van der Waals surface area contributed by atoms with Crippen LogP contribution in [-0.2, 0) is 19.5 Å². The van der Waals surface area contributed by atoms with Crippen LogP contribution in [0.2, 0.25) is 0 Å². The fraction of sp³-hybridized carbons (Fsp3) is 0.429. The maximum atomic E-state index is 12.9. The molecule has 2 aliphatic rings. The number of benzene rings is 1. The highest BCUT2D eigenvalue weighted by atomic mass is 16.5. The Kier molecular flexibility index (Phi) is 4.12. The monoisotopic (exact) mass is 380 g/mol. The topological polar surface area (TPSA) is 71.9 Å². The summed E-state index contributed by atoms with van der Waals surface area (Å²) in [7, 11) is 3.29. The molecule has 1 aliphatic heterocycles. The molecule has 146 valence electrons. The molecular formula is C21H24N4O3. The zero-order valence-corrected chi connectivity index (χ0v) is 16.2. The summed E-state index contributed by atoms with van der Waals surface area (Å²) >= 11 is 0. The fourth-order valence-corrected chi connectivity index (χ4v) is 4.04. The van der Waals surface area contributed by atoms with E-state index in [2.05, 4.69) is 16.1 Å². The van der Waals surface area contributed by atoms with E-state index in [1.807, 2.05) is 18.2 Å². The van der Waals surface area contributed by atoms with E-state index in [4.69, 9.17) is 14.5 Å². The van der Waals surface area contributed by atoms with Gasteiger partial charge in [-0.1, -0.05) is 6.07 Å². The molecule has 0 saturated heterocycles. The Morgan fingerprint density at radius 1 is 1.18 bits per heavy atom. The third-order valence-corrected chi connectivity index (χ3v) is 5.74. The van der Waals surface area contributed by atoms with Crippen molar-refractivity contribution in [1.29, 1.82) is 0 Å². The van der Waals surface area contributed by atoms with Gasteiger partial charge in [-0.15, -0.1) is 0 Å². The highest BCUT2D eigenvalue weighted by molar-refractivity contribution is 5.44. The van der Waals surface area contributed by atoms with E-state index < -0.39 is 0 Å². The quantitative estimate of drug-likeness (QED) is 0.736. The number of methoxy groups -OCH3 is 2. The van der Waals surface area contributed by atoms with Gasteiger partial charge in [-0.05, 0) is 37.0 Å². The molecule has 0 radical (unpaired) electrons. The standard InChI is InChI=1S/C21H24N4O3/c1-27-18-6-3-13(9-19(18)28-2)11-24-8-7-15-17(12-24)22-20-10-16(14-4-5-14)23-25(20)21(15)26/h3,6,9-10,14,23H,4-5,7-8,11-12H2,1-2H3. The van der Waals surface area contributed by atoms with Gasteiger partial charge in [-0.2, -0.15) is 0 Å². The number of aromatic nitrogens is 3. The van der Waals surface area contributed by atoms with Gasteiger partial charge in [0.1, 0.15) is 0 Å². The summed E-state index contributed by atoms with van der Waals surface area (Å²) in [5, 5.41) is 3.25.